The Labute approximate surface area is 163 Å². The third-order valence-electron chi connectivity index (χ3n) is 4.97. The Morgan fingerprint density at radius 3 is 2.68 bits per heavy atom. The van der Waals surface area contributed by atoms with Crippen LogP contribution in [0, 0.1) is 0 Å². The van der Waals surface area contributed by atoms with Crippen LogP contribution in [-0.4, -0.2) is 49.5 Å². The molecule has 0 spiro atoms. The second kappa shape index (κ2) is 7.16. The largest absolute Gasteiger partial charge is 0.432 e. The van der Waals surface area contributed by atoms with Crippen molar-refractivity contribution in [3.8, 4) is 0 Å². The minimum atomic E-state index is -4.43. The van der Waals surface area contributed by atoms with Crippen LogP contribution in [0.15, 0.2) is 35.7 Å². The number of pyridine rings is 1. The Hall–Kier alpha value is -2.49. The van der Waals surface area contributed by atoms with Crippen molar-refractivity contribution in [1.29, 1.82) is 0 Å². The standard InChI is InChI=1S/C18H18F3N5OS/c1-28-17-24-14(12-4-2-3-7-26(12)17)16(27)25-8-5-11(6-9-25)15-22-10-13(23-15)18(19,20)21/h2-4,7,10-11H,5-6,8-9H2,1H3,(H,22,23). The number of carbonyl (C=O) groups excluding carboxylic acids is 1. The molecular formula is C18H18F3N5OS. The number of piperidine rings is 1. The summed E-state index contributed by atoms with van der Waals surface area (Å²) < 4.78 is 40.1. The number of thioether (sulfide) groups is 1. The van der Waals surface area contributed by atoms with Crippen molar-refractivity contribution < 1.29 is 18.0 Å². The van der Waals surface area contributed by atoms with Gasteiger partial charge < -0.3 is 9.88 Å². The fourth-order valence-electron chi connectivity index (χ4n) is 3.50. The molecule has 1 fully saturated rings. The number of nitrogens with zero attached hydrogens (tertiary/aromatic N) is 4. The summed E-state index contributed by atoms with van der Waals surface area (Å²) >= 11 is 1.46. The minimum absolute atomic E-state index is 0.124. The number of nitrogens with one attached hydrogen (secondary N) is 1. The monoisotopic (exact) mass is 409 g/mol. The highest BCUT2D eigenvalue weighted by Crippen LogP contribution is 2.32. The van der Waals surface area contributed by atoms with Gasteiger partial charge in [-0.15, -0.1) is 0 Å². The van der Waals surface area contributed by atoms with Crippen molar-refractivity contribution in [1.82, 2.24) is 24.3 Å². The van der Waals surface area contributed by atoms with Gasteiger partial charge in [-0.2, -0.15) is 13.2 Å². The molecule has 4 heterocycles. The molecule has 0 aromatic carbocycles. The van der Waals surface area contributed by atoms with Gasteiger partial charge in [0.2, 0.25) is 0 Å². The number of likely N-dealkylation sites (tertiary alicyclic amines) is 1. The number of alkyl halides is 3. The van der Waals surface area contributed by atoms with Gasteiger partial charge in [-0.25, -0.2) is 9.97 Å². The van der Waals surface area contributed by atoms with Crippen molar-refractivity contribution in [2.24, 2.45) is 0 Å². The van der Waals surface area contributed by atoms with Gasteiger partial charge in [0.25, 0.3) is 5.91 Å². The van der Waals surface area contributed by atoms with Crippen LogP contribution in [0.25, 0.3) is 5.52 Å². The maximum Gasteiger partial charge on any atom is 0.432 e. The summed E-state index contributed by atoms with van der Waals surface area (Å²) in [6, 6.07) is 5.60. The second-order valence-electron chi connectivity index (χ2n) is 6.65. The van der Waals surface area contributed by atoms with Crippen molar-refractivity contribution in [3.63, 3.8) is 0 Å². The number of fused-ring (bicyclic) bond motifs is 1. The SMILES string of the molecule is CSc1nc(C(=O)N2CCC(c3ncc(C(F)(F)F)[nH]3)CC2)c2ccccn12. The summed E-state index contributed by atoms with van der Waals surface area (Å²) in [5.41, 5.74) is 0.315. The number of aromatic amines is 1. The molecule has 0 unspecified atom stereocenters. The van der Waals surface area contributed by atoms with Gasteiger partial charge in [0.1, 0.15) is 11.5 Å². The number of hydrogen-bond donors (Lipinski definition) is 1. The summed E-state index contributed by atoms with van der Waals surface area (Å²) in [5, 5.41) is 0.740. The molecule has 0 aliphatic carbocycles. The van der Waals surface area contributed by atoms with Crippen LogP contribution in [0.1, 0.15) is 40.8 Å². The van der Waals surface area contributed by atoms with Crippen LogP contribution in [0.5, 0.6) is 0 Å². The number of halogens is 3. The molecule has 3 aromatic heterocycles. The van der Waals surface area contributed by atoms with E-state index in [1.807, 2.05) is 35.1 Å². The number of hydrogen-bond acceptors (Lipinski definition) is 4. The summed E-state index contributed by atoms with van der Waals surface area (Å²) in [6.45, 7) is 0.901. The molecule has 0 radical (unpaired) electrons. The Balaban J connectivity index is 1.48. The molecule has 1 N–H and O–H groups in total. The lowest BCUT2D eigenvalue weighted by molar-refractivity contribution is -0.141. The van der Waals surface area contributed by atoms with Crippen LogP contribution in [-0.2, 0) is 6.18 Å². The lowest BCUT2D eigenvalue weighted by Crippen LogP contribution is -2.38. The Kier molecular flexibility index (Phi) is 4.82. The van der Waals surface area contributed by atoms with Crippen molar-refractivity contribution in [3.05, 3.63) is 47.8 Å². The first-order valence-corrected chi connectivity index (χ1v) is 10.0. The third-order valence-corrected chi connectivity index (χ3v) is 5.62. The molecule has 148 valence electrons. The number of rotatable bonds is 3. The highest BCUT2D eigenvalue weighted by Gasteiger charge is 2.35. The van der Waals surface area contributed by atoms with Gasteiger partial charge in [0.05, 0.1) is 11.7 Å². The van der Waals surface area contributed by atoms with E-state index in [2.05, 4.69) is 15.0 Å². The first kappa shape index (κ1) is 18.9. The maximum absolute atomic E-state index is 13.0. The second-order valence-corrected chi connectivity index (χ2v) is 7.42. The van der Waals surface area contributed by atoms with Crippen molar-refractivity contribution >= 4 is 23.2 Å². The molecule has 1 aliphatic rings. The summed E-state index contributed by atoms with van der Waals surface area (Å²) in [4.78, 5) is 25.5. The van der Waals surface area contributed by atoms with E-state index in [1.54, 1.807) is 4.90 Å². The van der Waals surface area contributed by atoms with E-state index in [0.717, 1.165) is 16.9 Å². The number of aromatic nitrogens is 4. The first-order valence-electron chi connectivity index (χ1n) is 8.81. The topological polar surface area (TPSA) is 66.3 Å². The molecular weight excluding hydrogens is 391 g/mol. The zero-order valence-corrected chi connectivity index (χ0v) is 15.8. The fraction of sp³-hybridized carbons (Fsp3) is 0.389. The Morgan fingerprint density at radius 2 is 2.04 bits per heavy atom. The smallest absolute Gasteiger partial charge is 0.338 e. The Bertz CT molecular complexity index is 1000. The van der Waals surface area contributed by atoms with Crippen molar-refractivity contribution in [2.75, 3.05) is 19.3 Å². The first-order chi connectivity index (χ1) is 13.4. The highest BCUT2D eigenvalue weighted by atomic mass is 32.2. The number of amides is 1. The molecule has 1 saturated heterocycles. The Morgan fingerprint density at radius 1 is 1.29 bits per heavy atom. The molecule has 6 nitrogen and oxygen atoms in total. The van der Waals surface area contributed by atoms with Crippen LogP contribution < -0.4 is 0 Å². The van der Waals surface area contributed by atoms with E-state index in [1.165, 1.54) is 11.8 Å². The summed E-state index contributed by atoms with van der Waals surface area (Å²) in [6.07, 6.45) is 1.27. The molecule has 1 aliphatic heterocycles. The van der Waals surface area contributed by atoms with E-state index in [0.29, 0.717) is 37.4 Å². The average Bonchev–Trinajstić information content (AvgIpc) is 3.33. The molecule has 1 amide bonds. The molecule has 28 heavy (non-hydrogen) atoms. The quantitative estimate of drug-likeness (QED) is 0.668. The predicted octanol–water partition coefficient (Wildman–Crippen LogP) is 3.82. The van der Waals surface area contributed by atoms with E-state index in [4.69, 9.17) is 0 Å². The van der Waals surface area contributed by atoms with Crippen LogP contribution in [0.4, 0.5) is 13.2 Å². The minimum Gasteiger partial charge on any atom is -0.338 e. The molecule has 0 bridgehead atoms. The average molecular weight is 409 g/mol. The number of H-pyrrole nitrogens is 1. The zero-order valence-electron chi connectivity index (χ0n) is 15.0. The lowest BCUT2D eigenvalue weighted by Gasteiger charge is -2.30. The van der Waals surface area contributed by atoms with Gasteiger partial charge in [-0.1, -0.05) is 17.8 Å². The predicted molar refractivity (Wildman–Crippen MR) is 98.4 cm³/mol. The van der Waals surface area contributed by atoms with Crippen LogP contribution >= 0.6 is 11.8 Å². The van der Waals surface area contributed by atoms with Gasteiger partial charge in [-0.05, 0) is 31.2 Å². The number of imidazole rings is 2. The molecule has 10 heteroatoms. The maximum atomic E-state index is 13.0. The fourth-order valence-corrected chi connectivity index (χ4v) is 4.04. The normalized spacial score (nSPS) is 16.1. The molecule has 3 aromatic rings. The van der Waals surface area contributed by atoms with E-state index in [9.17, 15) is 18.0 Å². The van der Waals surface area contributed by atoms with E-state index >= 15 is 0 Å². The zero-order chi connectivity index (χ0) is 19.9. The summed E-state index contributed by atoms with van der Waals surface area (Å²) in [7, 11) is 0. The van der Waals surface area contributed by atoms with Gasteiger partial charge in [-0.3, -0.25) is 9.20 Å². The van der Waals surface area contributed by atoms with Gasteiger partial charge in [0, 0.05) is 25.2 Å². The van der Waals surface area contributed by atoms with Crippen molar-refractivity contribution in [2.45, 2.75) is 30.1 Å². The third kappa shape index (κ3) is 3.36. The molecule has 0 saturated carbocycles. The van der Waals surface area contributed by atoms with Crippen LogP contribution in [0.2, 0.25) is 0 Å². The lowest BCUT2D eigenvalue weighted by atomic mass is 9.96. The molecule has 4 rings (SSSR count). The van der Waals surface area contributed by atoms with Gasteiger partial charge >= 0.3 is 6.18 Å². The number of carbonyl (C=O) groups is 1. The van der Waals surface area contributed by atoms with E-state index < -0.39 is 11.9 Å². The molecule has 0 atom stereocenters. The van der Waals surface area contributed by atoms with E-state index in [-0.39, 0.29) is 11.8 Å². The highest BCUT2D eigenvalue weighted by molar-refractivity contribution is 7.98. The van der Waals surface area contributed by atoms with Crippen LogP contribution in [0.3, 0.4) is 0 Å². The summed E-state index contributed by atoms with van der Waals surface area (Å²) in [5.74, 6) is 0.0510. The van der Waals surface area contributed by atoms with Gasteiger partial charge in [0.15, 0.2) is 10.9 Å².